The van der Waals surface area contributed by atoms with Crippen molar-refractivity contribution in [1.29, 1.82) is 0 Å². The molecule has 0 aromatic heterocycles. The van der Waals surface area contributed by atoms with Gasteiger partial charge in [-0.1, -0.05) is 0 Å². The number of rotatable bonds is 3. The summed E-state index contributed by atoms with van der Waals surface area (Å²) in [5, 5.41) is 0. The Morgan fingerprint density at radius 1 is 1.60 bits per heavy atom. The molecule has 0 radical (unpaired) electrons. The summed E-state index contributed by atoms with van der Waals surface area (Å²) in [5.74, 6) is -0.899. The molecule has 0 fully saturated rings. The molecule has 5 heteroatoms. The van der Waals surface area contributed by atoms with E-state index in [4.69, 9.17) is 9.47 Å². The fourth-order valence-electron chi connectivity index (χ4n) is 0.950. The van der Waals surface area contributed by atoms with Gasteiger partial charge in [0.15, 0.2) is 0 Å². The summed E-state index contributed by atoms with van der Waals surface area (Å²) < 4.78 is 14.3. The van der Waals surface area contributed by atoms with Gasteiger partial charge >= 0.3 is 11.9 Å². The van der Waals surface area contributed by atoms with Crippen molar-refractivity contribution in [2.45, 2.75) is 20.1 Å². The Hall–Kier alpha value is -1.78. The molecule has 82 valence electrons. The molecule has 0 N–H and O–H groups in total. The maximum Gasteiger partial charge on any atom is 0.336 e. The van der Waals surface area contributed by atoms with Crippen LogP contribution in [0.1, 0.15) is 13.8 Å². The molecule has 1 heterocycles. The van der Waals surface area contributed by atoms with E-state index in [1.165, 1.54) is 19.4 Å². The number of cyclic esters (lactones) is 1. The predicted octanol–water partition coefficient (Wildman–Crippen LogP) is 0.909. The van der Waals surface area contributed by atoms with Crippen LogP contribution in [0.3, 0.4) is 0 Å². The van der Waals surface area contributed by atoms with Crippen molar-refractivity contribution in [2.24, 2.45) is 0 Å². The molecule has 1 atom stereocenters. The quantitative estimate of drug-likeness (QED) is 0.395. The highest BCUT2D eigenvalue weighted by atomic mass is 16.7. The molecule has 1 aliphatic heterocycles. The van der Waals surface area contributed by atoms with Crippen LogP contribution in [-0.2, 0) is 23.8 Å². The van der Waals surface area contributed by atoms with E-state index in [0.29, 0.717) is 11.1 Å². The predicted molar refractivity (Wildman–Crippen MR) is 50.5 cm³/mol. The summed E-state index contributed by atoms with van der Waals surface area (Å²) in [6.07, 6.45) is 1.99. The molecular weight excluding hydrogens is 200 g/mol. The summed E-state index contributed by atoms with van der Waals surface area (Å²) in [5.41, 5.74) is 0.788. The Kier molecular flexibility index (Phi) is 3.49. The largest absolute Gasteiger partial charge is 0.466 e. The molecule has 1 rings (SSSR count). The first-order valence-electron chi connectivity index (χ1n) is 4.34. The molecule has 1 aliphatic rings. The number of hydrogen-bond acceptors (Lipinski definition) is 5. The van der Waals surface area contributed by atoms with Crippen molar-refractivity contribution >= 4 is 11.9 Å². The lowest BCUT2D eigenvalue weighted by molar-refractivity contribution is -0.152. The van der Waals surface area contributed by atoms with E-state index in [2.05, 4.69) is 4.74 Å². The van der Waals surface area contributed by atoms with E-state index in [0.717, 1.165) is 0 Å². The van der Waals surface area contributed by atoms with E-state index in [1.54, 1.807) is 13.8 Å². The second kappa shape index (κ2) is 4.63. The normalized spacial score (nSPS) is 20.7. The fraction of sp³-hybridized carbons (Fsp3) is 0.400. The highest BCUT2D eigenvalue weighted by Crippen LogP contribution is 2.14. The number of carbonyl (C=O) groups excluding carboxylic acids is 2. The second-order valence-corrected chi connectivity index (χ2v) is 3.05. The van der Waals surface area contributed by atoms with Gasteiger partial charge in [0.1, 0.15) is 0 Å². The zero-order chi connectivity index (χ0) is 11.4. The van der Waals surface area contributed by atoms with Gasteiger partial charge in [0, 0.05) is 11.6 Å². The van der Waals surface area contributed by atoms with Crippen molar-refractivity contribution in [3.8, 4) is 0 Å². The molecule has 5 nitrogen and oxygen atoms in total. The topological polar surface area (TPSA) is 61.8 Å². The van der Waals surface area contributed by atoms with Crippen LogP contribution in [0, 0.1) is 0 Å². The van der Waals surface area contributed by atoms with Gasteiger partial charge in [-0.2, -0.15) is 0 Å². The maximum absolute atomic E-state index is 11.0. The fourth-order valence-corrected chi connectivity index (χ4v) is 0.950. The van der Waals surface area contributed by atoms with Gasteiger partial charge in [0.25, 0.3) is 6.29 Å². The lowest BCUT2D eigenvalue weighted by Gasteiger charge is -2.07. The monoisotopic (exact) mass is 212 g/mol. The summed E-state index contributed by atoms with van der Waals surface area (Å²) in [6, 6.07) is 0. The van der Waals surface area contributed by atoms with Crippen molar-refractivity contribution in [2.75, 3.05) is 7.11 Å². The van der Waals surface area contributed by atoms with Crippen LogP contribution in [0.2, 0.25) is 0 Å². The summed E-state index contributed by atoms with van der Waals surface area (Å²) in [6.45, 7) is 3.17. The SMILES string of the molecule is COC(=O)/C(C)=C/O[C@H]1C=C(C)C(=O)O1. The van der Waals surface area contributed by atoms with Crippen molar-refractivity contribution in [3.63, 3.8) is 0 Å². The smallest absolute Gasteiger partial charge is 0.336 e. The van der Waals surface area contributed by atoms with Gasteiger partial charge in [0.05, 0.1) is 18.9 Å². The molecule has 0 aromatic rings. The van der Waals surface area contributed by atoms with Crippen LogP contribution in [-0.4, -0.2) is 25.3 Å². The van der Waals surface area contributed by atoms with Gasteiger partial charge < -0.3 is 14.2 Å². The van der Waals surface area contributed by atoms with Crippen molar-refractivity contribution < 1.29 is 23.8 Å². The number of ether oxygens (including phenoxy) is 3. The average molecular weight is 212 g/mol. The minimum atomic E-state index is -0.753. The highest BCUT2D eigenvalue weighted by Gasteiger charge is 2.22. The average Bonchev–Trinajstić information content (AvgIpc) is 2.54. The molecule has 15 heavy (non-hydrogen) atoms. The number of methoxy groups -OCH3 is 1. The molecule has 0 spiro atoms. The number of hydrogen-bond donors (Lipinski definition) is 0. The van der Waals surface area contributed by atoms with E-state index in [9.17, 15) is 9.59 Å². The van der Waals surface area contributed by atoms with E-state index >= 15 is 0 Å². The molecule has 0 bridgehead atoms. The van der Waals surface area contributed by atoms with Gasteiger partial charge in [-0.05, 0) is 13.8 Å². The third kappa shape index (κ3) is 2.83. The standard InChI is InChI=1S/C10H12O5/c1-6-4-8(15-10(6)12)14-5-7(2)9(11)13-3/h4-5,8H,1-3H3/b7-5+/t8-/m1/s1. The van der Waals surface area contributed by atoms with Crippen LogP contribution in [0.4, 0.5) is 0 Å². The third-order valence-corrected chi connectivity index (χ3v) is 1.82. The first-order valence-corrected chi connectivity index (χ1v) is 4.34. The summed E-state index contributed by atoms with van der Waals surface area (Å²) >= 11 is 0. The first-order chi connectivity index (χ1) is 7.04. The Morgan fingerprint density at radius 3 is 2.73 bits per heavy atom. The van der Waals surface area contributed by atoms with E-state index < -0.39 is 18.2 Å². The maximum atomic E-state index is 11.0. The minimum Gasteiger partial charge on any atom is -0.466 e. The molecule has 0 saturated carbocycles. The van der Waals surface area contributed by atoms with Crippen LogP contribution in [0.25, 0.3) is 0 Å². The molecule has 0 saturated heterocycles. The van der Waals surface area contributed by atoms with Crippen LogP contribution in [0.15, 0.2) is 23.5 Å². The zero-order valence-corrected chi connectivity index (χ0v) is 8.77. The lowest BCUT2D eigenvalue weighted by Crippen LogP contribution is -2.10. The summed E-state index contributed by atoms with van der Waals surface area (Å²) in [7, 11) is 1.28. The van der Waals surface area contributed by atoms with Gasteiger partial charge in [-0.15, -0.1) is 0 Å². The molecule has 0 aromatic carbocycles. The second-order valence-electron chi connectivity index (χ2n) is 3.05. The van der Waals surface area contributed by atoms with Crippen LogP contribution < -0.4 is 0 Å². The molecule has 0 unspecified atom stereocenters. The summed E-state index contributed by atoms with van der Waals surface area (Å²) in [4.78, 5) is 21.9. The highest BCUT2D eigenvalue weighted by molar-refractivity contribution is 5.90. The van der Waals surface area contributed by atoms with Crippen molar-refractivity contribution in [1.82, 2.24) is 0 Å². The Bertz CT molecular complexity index is 340. The number of carbonyl (C=O) groups is 2. The van der Waals surface area contributed by atoms with Crippen LogP contribution >= 0.6 is 0 Å². The van der Waals surface area contributed by atoms with E-state index in [-0.39, 0.29) is 0 Å². The van der Waals surface area contributed by atoms with Crippen molar-refractivity contribution in [3.05, 3.63) is 23.5 Å². The Labute approximate surface area is 87.3 Å². The van der Waals surface area contributed by atoms with Crippen LogP contribution in [0.5, 0.6) is 0 Å². The first kappa shape index (κ1) is 11.3. The molecular formula is C10H12O5. The van der Waals surface area contributed by atoms with Gasteiger partial charge in [0.2, 0.25) is 0 Å². The molecule has 0 amide bonds. The van der Waals surface area contributed by atoms with Gasteiger partial charge in [-0.3, -0.25) is 0 Å². The zero-order valence-electron chi connectivity index (χ0n) is 8.77. The Balaban J connectivity index is 2.52. The Morgan fingerprint density at radius 2 is 2.27 bits per heavy atom. The lowest BCUT2D eigenvalue weighted by atomic mass is 10.3. The van der Waals surface area contributed by atoms with E-state index in [1.807, 2.05) is 0 Å². The number of esters is 2. The minimum absolute atomic E-state index is 0.298. The van der Waals surface area contributed by atoms with Gasteiger partial charge in [-0.25, -0.2) is 9.59 Å². The molecule has 0 aliphatic carbocycles. The third-order valence-electron chi connectivity index (χ3n) is 1.82.